The fourth-order valence-corrected chi connectivity index (χ4v) is 3.82. The van der Waals surface area contributed by atoms with Gasteiger partial charge in [-0.2, -0.15) is 0 Å². The number of carbonyl (C=O) groups excluding carboxylic acids is 2. The third-order valence-electron chi connectivity index (χ3n) is 4.63. The summed E-state index contributed by atoms with van der Waals surface area (Å²) in [6.07, 6.45) is 6.07. The number of piperidine rings is 1. The van der Waals surface area contributed by atoms with E-state index in [1.807, 2.05) is 0 Å². The van der Waals surface area contributed by atoms with Crippen molar-refractivity contribution in [3.05, 3.63) is 28.5 Å². The first-order valence-electron chi connectivity index (χ1n) is 7.32. The zero-order chi connectivity index (χ0) is 15.0. The predicted octanol–water partition coefficient (Wildman–Crippen LogP) is 4.19. The molecule has 1 aromatic carbocycles. The number of benzene rings is 1. The van der Waals surface area contributed by atoms with Crippen LogP contribution in [0.15, 0.2) is 22.7 Å². The predicted molar refractivity (Wildman–Crippen MR) is 81.3 cm³/mol. The van der Waals surface area contributed by atoms with Crippen molar-refractivity contribution in [1.82, 2.24) is 0 Å². The number of nitrogens with zero attached hydrogens (tertiary/aromatic N) is 1. The highest BCUT2D eigenvalue weighted by Crippen LogP contribution is 2.46. The van der Waals surface area contributed by atoms with Crippen LogP contribution >= 0.6 is 15.9 Å². The molecule has 2 fully saturated rings. The number of amides is 2. The van der Waals surface area contributed by atoms with Gasteiger partial charge in [0.1, 0.15) is 5.82 Å². The van der Waals surface area contributed by atoms with Gasteiger partial charge in [-0.1, -0.05) is 19.3 Å². The SMILES string of the molecule is O=C1CC2(CCCCC2)CC(=O)N1c1ccc(Br)c(F)c1. The van der Waals surface area contributed by atoms with Crippen LogP contribution in [0.5, 0.6) is 0 Å². The van der Waals surface area contributed by atoms with Crippen molar-refractivity contribution in [2.24, 2.45) is 5.41 Å². The van der Waals surface area contributed by atoms with Gasteiger partial charge in [0.25, 0.3) is 0 Å². The number of imide groups is 1. The summed E-state index contributed by atoms with van der Waals surface area (Å²) in [7, 11) is 0. The Morgan fingerprint density at radius 2 is 1.67 bits per heavy atom. The van der Waals surface area contributed by atoms with E-state index in [-0.39, 0.29) is 17.2 Å². The molecule has 0 aromatic heterocycles. The van der Waals surface area contributed by atoms with E-state index in [0.717, 1.165) is 30.6 Å². The fourth-order valence-electron chi connectivity index (χ4n) is 3.57. The molecule has 1 saturated heterocycles. The lowest BCUT2D eigenvalue weighted by atomic mass is 9.67. The highest BCUT2D eigenvalue weighted by Gasteiger charge is 2.44. The van der Waals surface area contributed by atoms with Gasteiger partial charge in [-0.25, -0.2) is 4.39 Å². The Morgan fingerprint density at radius 1 is 1.05 bits per heavy atom. The summed E-state index contributed by atoms with van der Waals surface area (Å²) in [6.45, 7) is 0. The molecule has 0 bridgehead atoms. The Balaban J connectivity index is 1.86. The molecule has 0 radical (unpaired) electrons. The first-order valence-corrected chi connectivity index (χ1v) is 8.11. The maximum Gasteiger partial charge on any atom is 0.234 e. The lowest BCUT2D eigenvalue weighted by molar-refractivity contribution is -0.134. The Morgan fingerprint density at radius 3 is 2.24 bits per heavy atom. The van der Waals surface area contributed by atoms with Crippen molar-refractivity contribution in [1.29, 1.82) is 0 Å². The average Bonchev–Trinajstić information content (AvgIpc) is 2.42. The standard InChI is InChI=1S/C16H17BrFNO2/c17-12-5-4-11(8-13(12)18)19-14(20)9-16(10-15(19)21)6-2-1-3-7-16/h4-5,8H,1-3,6-7,9-10H2. The van der Waals surface area contributed by atoms with Crippen LogP contribution in [-0.2, 0) is 9.59 Å². The Hall–Kier alpha value is -1.23. The molecule has 5 heteroatoms. The highest BCUT2D eigenvalue weighted by molar-refractivity contribution is 9.10. The molecule has 1 aliphatic heterocycles. The minimum atomic E-state index is -0.467. The maximum atomic E-state index is 13.6. The largest absolute Gasteiger partial charge is 0.274 e. The first-order chi connectivity index (χ1) is 10.0. The molecule has 1 spiro atoms. The van der Waals surface area contributed by atoms with Crippen LogP contribution in [0.4, 0.5) is 10.1 Å². The van der Waals surface area contributed by atoms with E-state index in [1.165, 1.54) is 18.6 Å². The zero-order valence-corrected chi connectivity index (χ0v) is 13.3. The Labute approximate surface area is 131 Å². The van der Waals surface area contributed by atoms with Gasteiger partial charge in [-0.05, 0) is 52.4 Å². The fraction of sp³-hybridized carbons (Fsp3) is 0.500. The molecule has 1 aliphatic carbocycles. The van der Waals surface area contributed by atoms with E-state index in [9.17, 15) is 14.0 Å². The topological polar surface area (TPSA) is 37.4 Å². The summed E-state index contributed by atoms with van der Waals surface area (Å²) in [5.74, 6) is -0.865. The van der Waals surface area contributed by atoms with E-state index >= 15 is 0 Å². The summed E-state index contributed by atoms with van der Waals surface area (Å²) >= 11 is 3.08. The molecule has 1 heterocycles. The third kappa shape index (κ3) is 2.76. The Kier molecular flexibility index (Phi) is 3.86. The number of hydrogen-bond donors (Lipinski definition) is 0. The summed E-state index contributed by atoms with van der Waals surface area (Å²) in [5.41, 5.74) is 0.188. The molecule has 1 saturated carbocycles. The maximum absolute atomic E-state index is 13.6. The zero-order valence-electron chi connectivity index (χ0n) is 11.7. The van der Waals surface area contributed by atoms with Crippen LogP contribution in [0.2, 0.25) is 0 Å². The molecule has 0 N–H and O–H groups in total. The van der Waals surface area contributed by atoms with E-state index in [0.29, 0.717) is 23.0 Å². The van der Waals surface area contributed by atoms with Crippen LogP contribution in [0.1, 0.15) is 44.9 Å². The second-order valence-corrected chi connectivity index (χ2v) is 6.99. The molecule has 2 amide bonds. The van der Waals surface area contributed by atoms with Crippen LogP contribution in [-0.4, -0.2) is 11.8 Å². The highest BCUT2D eigenvalue weighted by atomic mass is 79.9. The van der Waals surface area contributed by atoms with Crippen LogP contribution in [0.25, 0.3) is 0 Å². The van der Waals surface area contributed by atoms with Gasteiger partial charge in [0.15, 0.2) is 0 Å². The van der Waals surface area contributed by atoms with Crippen molar-refractivity contribution >= 4 is 33.4 Å². The monoisotopic (exact) mass is 353 g/mol. The van der Waals surface area contributed by atoms with Gasteiger partial charge in [-0.15, -0.1) is 0 Å². The van der Waals surface area contributed by atoms with Gasteiger partial charge in [0, 0.05) is 12.8 Å². The first kappa shape index (κ1) is 14.7. The van der Waals surface area contributed by atoms with Crippen molar-refractivity contribution in [3.63, 3.8) is 0 Å². The van der Waals surface area contributed by atoms with Crippen LogP contribution in [0.3, 0.4) is 0 Å². The second kappa shape index (κ2) is 5.52. The van der Waals surface area contributed by atoms with Crippen molar-refractivity contribution in [2.75, 3.05) is 4.90 Å². The lowest BCUT2D eigenvalue weighted by Crippen LogP contribution is -2.48. The molecular formula is C16H17BrFNO2. The second-order valence-electron chi connectivity index (χ2n) is 6.14. The third-order valence-corrected chi connectivity index (χ3v) is 5.27. The van der Waals surface area contributed by atoms with E-state index in [2.05, 4.69) is 15.9 Å². The summed E-state index contributed by atoms with van der Waals surface area (Å²) in [5, 5.41) is 0. The van der Waals surface area contributed by atoms with E-state index in [4.69, 9.17) is 0 Å². The van der Waals surface area contributed by atoms with E-state index < -0.39 is 5.82 Å². The molecule has 0 atom stereocenters. The minimum absolute atomic E-state index is 0.142. The molecule has 2 aliphatic rings. The van der Waals surface area contributed by atoms with Crippen LogP contribution in [0, 0.1) is 11.2 Å². The number of halogens is 2. The lowest BCUT2D eigenvalue weighted by Gasteiger charge is -2.42. The normalized spacial score (nSPS) is 21.9. The minimum Gasteiger partial charge on any atom is -0.274 e. The molecule has 112 valence electrons. The molecule has 3 nitrogen and oxygen atoms in total. The molecule has 3 rings (SSSR count). The number of rotatable bonds is 1. The number of carbonyl (C=O) groups is 2. The Bertz CT molecular complexity index is 576. The molecule has 0 unspecified atom stereocenters. The van der Waals surface area contributed by atoms with Gasteiger partial charge in [-0.3, -0.25) is 14.5 Å². The number of anilines is 1. The van der Waals surface area contributed by atoms with Crippen molar-refractivity contribution in [3.8, 4) is 0 Å². The summed E-state index contributed by atoms with van der Waals surface area (Å²) in [4.78, 5) is 26.0. The quantitative estimate of drug-likeness (QED) is 0.709. The van der Waals surface area contributed by atoms with Gasteiger partial charge >= 0.3 is 0 Å². The van der Waals surface area contributed by atoms with Crippen LogP contribution < -0.4 is 4.90 Å². The summed E-state index contributed by atoms with van der Waals surface area (Å²) < 4.78 is 14.0. The molecule has 1 aromatic rings. The average molecular weight is 354 g/mol. The molecule has 21 heavy (non-hydrogen) atoms. The number of hydrogen-bond acceptors (Lipinski definition) is 2. The van der Waals surface area contributed by atoms with Gasteiger partial charge in [0.05, 0.1) is 10.2 Å². The van der Waals surface area contributed by atoms with Crippen molar-refractivity contribution < 1.29 is 14.0 Å². The smallest absolute Gasteiger partial charge is 0.234 e. The van der Waals surface area contributed by atoms with Gasteiger partial charge in [0.2, 0.25) is 11.8 Å². The van der Waals surface area contributed by atoms with Crippen molar-refractivity contribution in [2.45, 2.75) is 44.9 Å². The van der Waals surface area contributed by atoms with E-state index in [1.54, 1.807) is 6.07 Å². The van der Waals surface area contributed by atoms with Gasteiger partial charge < -0.3 is 0 Å². The molecular weight excluding hydrogens is 337 g/mol. The summed E-state index contributed by atoms with van der Waals surface area (Å²) in [6, 6.07) is 4.36.